The second kappa shape index (κ2) is 19.0. The second-order valence-electron chi connectivity index (χ2n) is 11.2. The van der Waals surface area contributed by atoms with Crippen LogP contribution in [0.4, 0.5) is 28.9 Å². The maximum Gasteiger partial charge on any atom is 0.337 e. The third-order valence-corrected chi connectivity index (χ3v) is 7.46. The summed E-state index contributed by atoms with van der Waals surface area (Å²) in [6.07, 6.45) is 1.77. The van der Waals surface area contributed by atoms with E-state index in [0.717, 1.165) is 12.1 Å². The minimum absolute atomic E-state index is 0.0504. The van der Waals surface area contributed by atoms with Crippen molar-refractivity contribution in [3.63, 3.8) is 0 Å². The fourth-order valence-corrected chi connectivity index (χ4v) is 4.86. The van der Waals surface area contributed by atoms with Crippen molar-refractivity contribution in [3.8, 4) is 0 Å². The number of carbonyl (C=O) groups excluding carboxylic acids is 4. The van der Waals surface area contributed by atoms with Crippen molar-refractivity contribution < 1.29 is 41.5 Å². The van der Waals surface area contributed by atoms with Crippen molar-refractivity contribution in [2.24, 2.45) is 5.73 Å². The van der Waals surface area contributed by atoms with Crippen LogP contribution in [0.3, 0.4) is 0 Å². The van der Waals surface area contributed by atoms with Gasteiger partial charge < -0.3 is 20.3 Å². The van der Waals surface area contributed by atoms with Crippen LogP contribution in [0.5, 0.6) is 0 Å². The first-order chi connectivity index (χ1) is 23.9. The highest BCUT2D eigenvalue weighted by atomic mass is 19.1. The number of hydrogen-bond donors (Lipinski definition) is 1. The number of halogens is 4. The van der Waals surface area contributed by atoms with Crippen LogP contribution in [0.1, 0.15) is 71.4 Å². The summed E-state index contributed by atoms with van der Waals surface area (Å²) in [5, 5.41) is 0. The molecule has 0 saturated carbocycles. The Kier molecular flexibility index (Phi) is 14.8. The normalized spacial score (nSPS) is 10.5. The van der Waals surface area contributed by atoms with Gasteiger partial charge in [-0.15, -0.1) is 0 Å². The Morgan fingerprint density at radius 1 is 0.640 bits per heavy atom. The molecule has 0 bridgehead atoms. The van der Waals surface area contributed by atoms with Crippen LogP contribution in [0, 0.1) is 23.3 Å². The number of esters is 1. The van der Waals surface area contributed by atoms with Gasteiger partial charge in [0.05, 0.1) is 32.3 Å². The van der Waals surface area contributed by atoms with Crippen LogP contribution < -0.4 is 15.5 Å². The Hall–Kier alpha value is -5.36. The van der Waals surface area contributed by atoms with E-state index < -0.39 is 29.2 Å². The number of Topliss-reactive ketones (excluding diaryl/α,β-unsaturated/α-hetero) is 1. The van der Waals surface area contributed by atoms with Gasteiger partial charge in [0.15, 0.2) is 5.78 Å². The lowest BCUT2D eigenvalue weighted by Gasteiger charge is -2.23. The van der Waals surface area contributed by atoms with Gasteiger partial charge in [0.2, 0.25) is 11.8 Å². The van der Waals surface area contributed by atoms with E-state index in [0.29, 0.717) is 24.2 Å². The Morgan fingerprint density at radius 3 is 1.46 bits per heavy atom. The van der Waals surface area contributed by atoms with Gasteiger partial charge in [-0.3, -0.25) is 14.4 Å². The van der Waals surface area contributed by atoms with E-state index in [1.54, 1.807) is 12.1 Å². The minimum atomic E-state index is -0.644. The van der Waals surface area contributed by atoms with Crippen molar-refractivity contribution in [1.82, 2.24) is 0 Å². The quantitative estimate of drug-likeness (QED) is 0.0882. The summed E-state index contributed by atoms with van der Waals surface area (Å²) in [7, 11) is 1.21. The van der Waals surface area contributed by atoms with Crippen molar-refractivity contribution in [1.29, 1.82) is 0 Å². The molecule has 0 saturated heterocycles. The monoisotopic (exact) mass is 693 g/mol. The van der Waals surface area contributed by atoms with Crippen molar-refractivity contribution in [2.45, 2.75) is 52.6 Å². The summed E-state index contributed by atoms with van der Waals surface area (Å²) in [4.78, 5) is 50.5. The summed E-state index contributed by atoms with van der Waals surface area (Å²) >= 11 is 0. The van der Waals surface area contributed by atoms with E-state index in [1.165, 1.54) is 77.6 Å². The summed E-state index contributed by atoms with van der Waals surface area (Å²) in [5.74, 6) is -3.66. The van der Waals surface area contributed by atoms with Gasteiger partial charge in [-0.05, 0) is 67.4 Å². The fourth-order valence-electron chi connectivity index (χ4n) is 4.86. The maximum atomic E-state index is 14.3. The van der Waals surface area contributed by atoms with Crippen molar-refractivity contribution >= 4 is 34.9 Å². The number of methoxy groups -OCH3 is 1. The van der Waals surface area contributed by atoms with E-state index >= 15 is 0 Å². The number of ketones is 1. The zero-order valence-corrected chi connectivity index (χ0v) is 28.1. The number of nitrogens with two attached hydrogens (primary N) is 1. The average Bonchev–Trinajstić information content (AvgIpc) is 3.10. The largest absolute Gasteiger partial charge is 0.465 e. The molecule has 0 aromatic heterocycles. The molecule has 12 heteroatoms. The topological polar surface area (TPSA) is 110 Å². The minimum Gasteiger partial charge on any atom is -0.465 e. The first-order valence-corrected chi connectivity index (χ1v) is 15.9. The third kappa shape index (κ3) is 10.8. The Balaban J connectivity index is 0.000000270. The zero-order chi connectivity index (χ0) is 36.8. The Morgan fingerprint density at radius 2 is 1.08 bits per heavy atom. The number of anilines is 2. The van der Waals surface area contributed by atoms with Crippen LogP contribution >= 0.6 is 0 Å². The number of hydrogen-bond acceptors (Lipinski definition) is 6. The molecular formula is C38H39F4N3O5. The lowest BCUT2D eigenvalue weighted by molar-refractivity contribution is -0.119. The predicted molar refractivity (Wildman–Crippen MR) is 183 cm³/mol. The van der Waals surface area contributed by atoms with Gasteiger partial charge >= 0.3 is 5.97 Å². The molecule has 4 aromatic rings. The van der Waals surface area contributed by atoms with Crippen molar-refractivity contribution in [3.05, 3.63) is 130 Å². The van der Waals surface area contributed by atoms with Crippen molar-refractivity contribution in [2.75, 3.05) is 23.5 Å². The van der Waals surface area contributed by atoms with Gasteiger partial charge in [0.25, 0.3) is 0 Å². The number of rotatable bonds is 13. The molecule has 2 N–H and O–H groups in total. The highest BCUT2D eigenvalue weighted by molar-refractivity contribution is 5.97. The van der Waals surface area contributed by atoms with E-state index in [4.69, 9.17) is 5.73 Å². The second-order valence-corrected chi connectivity index (χ2v) is 11.2. The number of amides is 2. The number of nitrogens with zero attached hydrogens (tertiary/aromatic N) is 2. The Labute approximate surface area is 288 Å². The van der Waals surface area contributed by atoms with E-state index in [-0.39, 0.29) is 72.3 Å². The molecule has 0 fully saturated rings. The smallest absolute Gasteiger partial charge is 0.337 e. The van der Waals surface area contributed by atoms with E-state index in [2.05, 4.69) is 4.74 Å². The molecule has 0 radical (unpaired) electrons. The highest BCUT2D eigenvalue weighted by Crippen LogP contribution is 2.24. The summed E-state index contributed by atoms with van der Waals surface area (Å²) < 4.78 is 60.3. The predicted octanol–water partition coefficient (Wildman–Crippen LogP) is 7.52. The molecule has 0 aliphatic carbocycles. The molecule has 264 valence electrons. The molecule has 0 aliphatic heterocycles. The SMILES string of the molecule is CCCC(=O)N(Cc1ccc(C(=O)CN)cc1F)c1cccc(F)c1.CCCC(=O)N(Cc1ccc(C(=O)OC)cc1F)c1cccc(F)c1. The van der Waals surface area contributed by atoms with Crippen LogP contribution in [-0.2, 0) is 27.4 Å². The Bertz CT molecular complexity index is 1690. The molecule has 0 atom stereocenters. The molecule has 0 heterocycles. The fraction of sp³-hybridized carbons (Fsp3) is 0.263. The van der Waals surface area contributed by atoms with Crippen LogP contribution in [0.15, 0.2) is 84.9 Å². The maximum absolute atomic E-state index is 14.3. The van der Waals surface area contributed by atoms with Gasteiger partial charge in [-0.2, -0.15) is 0 Å². The summed E-state index contributed by atoms with van der Waals surface area (Å²) in [6, 6.07) is 19.1. The molecule has 50 heavy (non-hydrogen) atoms. The summed E-state index contributed by atoms with van der Waals surface area (Å²) in [6.45, 7) is 3.40. The lowest BCUT2D eigenvalue weighted by Crippen LogP contribution is -2.30. The molecule has 4 rings (SSSR count). The summed E-state index contributed by atoms with van der Waals surface area (Å²) in [5.41, 5.74) is 6.72. The molecule has 0 aliphatic rings. The van der Waals surface area contributed by atoms with E-state index in [1.807, 2.05) is 13.8 Å². The first-order valence-electron chi connectivity index (χ1n) is 15.9. The number of ether oxygens (including phenoxy) is 1. The molecular weight excluding hydrogens is 654 g/mol. The number of benzene rings is 4. The van der Waals surface area contributed by atoms with Gasteiger partial charge in [-0.25, -0.2) is 22.4 Å². The first kappa shape index (κ1) is 39.1. The molecule has 4 aromatic carbocycles. The number of carbonyl (C=O) groups is 4. The van der Waals surface area contributed by atoms with Gasteiger partial charge in [0, 0.05) is 40.9 Å². The zero-order valence-electron chi connectivity index (χ0n) is 28.1. The van der Waals surface area contributed by atoms with Crippen LogP contribution in [0.25, 0.3) is 0 Å². The highest BCUT2D eigenvalue weighted by Gasteiger charge is 2.20. The van der Waals surface area contributed by atoms with Gasteiger partial charge in [0.1, 0.15) is 23.3 Å². The third-order valence-electron chi connectivity index (χ3n) is 7.46. The van der Waals surface area contributed by atoms with E-state index in [9.17, 15) is 36.7 Å². The average molecular weight is 694 g/mol. The molecule has 8 nitrogen and oxygen atoms in total. The standard InChI is InChI=1S/C19H20F2N2O2.C19H19F2NO3/c1-2-4-19(25)23(16-6-3-5-15(20)10-16)12-14-8-7-13(9-17(14)21)18(24)11-22;1-3-5-18(23)22(16-7-4-6-15(20)11-16)12-14-9-8-13(10-17(14)21)19(24)25-2/h3,5-10H,2,4,11-12,22H2,1H3;4,6-11H,3,5,12H2,1-2H3. The molecule has 0 spiro atoms. The molecule has 2 amide bonds. The van der Waals surface area contributed by atoms with Crippen LogP contribution in [0.2, 0.25) is 0 Å². The van der Waals surface area contributed by atoms with Gasteiger partial charge in [-0.1, -0.05) is 44.2 Å². The van der Waals surface area contributed by atoms with Crippen LogP contribution in [-0.4, -0.2) is 37.2 Å². The lowest BCUT2D eigenvalue weighted by atomic mass is 10.1. The molecule has 0 unspecified atom stereocenters.